The van der Waals surface area contributed by atoms with E-state index in [0.717, 1.165) is 77.9 Å². The van der Waals surface area contributed by atoms with Gasteiger partial charge in [0, 0.05) is 36.8 Å². The van der Waals surface area contributed by atoms with Gasteiger partial charge in [-0.3, -0.25) is 9.48 Å². The van der Waals surface area contributed by atoms with Gasteiger partial charge in [0.15, 0.2) is 11.6 Å². The Labute approximate surface area is 214 Å². The zero-order valence-corrected chi connectivity index (χ0v) is 21.3. The minimum atomic E-state index is -0.952. The van der Waals surface area contributed by atoms with E-state index in [4.69, 9.17) is 4.98 Å². The van der Waals surface area contributed by atoms with Crippen molar-refractivity contribution in [3.8, 4) is 11.3 Å². The van der Waals surface area contributed by atoms with E-state index < -0.39 is 11.6 Å². The van der Waals surface area contributed by atoms with Crippen LogP contribution in [0, 0.1) is 18.6 Å². The molecular formula is C29H31F2N5O. The molecule has 0 radical (unpaired) electrons. The van der Waals surface area contributed by atoms with Crippen molar-refractivity contribution in [1.29, 1.82) is 0 Å². The number of anilines is 1. The second-order valence-corrected chi connectivity index (χ2v) is 10.4. The van der Waals surface area contributed by atoms with Crippen LogP contribution in [-0.2, 0) is 11.8 Å². The van der Waals surface area contributed by atoms with Crippen LogP contribution in [0.5, 0.6) is 0 Å². The number of amides is 1. The van der Waals surface area contributed by atoms with E-state index in [1.165, 1.54) is 12.5 Å². The molecule has 0 unspecified atom stereocenters. The summed E-state index contributed by atoms with van der Waals surface area (Å²) in [6.45, 7) is 2.05. The fourth-order valence-electron chi connectivity index (χ4n) is 6.26. The van der Waals surface area contributed by atoms with E-state index in [2.05, 4.69) is 27.9 Å². The summed E-state index contributed by atoms with van der Waals surface area (Å²) in [6.07, 6.45) is 9.36. The summed E-state index contributed by atoms with van der Waals surface area (Å²) in [5.41, 5.74) is 5.49. The Morgan fingerprint density at radius 1 is 0.946 bits per heavy atom. The van der Waals surface area contributed by atoms with Crippen molar-refractivity contribution in [1.82, 2.24) is 19.3 Å². The molecule has 4 aromatic rings. The van der Waals surface area contributed by atoms with Gasteiger partial charge in [0.2, 0.25) is 5.91 Å². The minimum Gasteiger partial charge on any atom is -0.323 e. The number of carbonyl (C=O) groups is 1. The topological polar surface area (TPSA) is 56.0 Å². The van der Waals surface area contributed by atoms with Gasteiger partial charge >= 0.3 is 0 Å². The molecule has 0 bridgehead atoms. The molecule has 1 aliphatic heterocycles. The van der Waals surface area contributed by atoms with E-state index in [1.54, 1.807) is 4.90 Å². The molecular weight excluding hydrogens is 472 g/mol. The van der Waals surface area contributed by atoms with Gasteiger partial charge in [-0.15, -0.1) is 0 Å². The Morgan fingerprint density at radius 2 is 1.76 bits per heavy atom. The lowest BCUT2D eigenvalue weighted by molar-refractivity contribution is -0.120. The second kappa shape index (κ2) is 9.39. The van der Waals surface area contributed by atoms with Gasteiger partial charge in [-0.2, -0.15) is 5.10 Å². The van der Waals surface area contributed by atoms with Crippen LogP contribution >= 0.6 is 0 Å². The third-order valence-electron chi connectivity index (χ3n) is 7.98. The summed E-state index contributed by atoms with van der Waals surface area (Å²) in [5, 5.41) is 4.40. The summed E-state index contributed by atoms with van der Waals surface area (Å²) in [7, 11) is 1.94. The molecule has 2 aliphatic rings. The van der Waals surface area contributed by atoms with Gasteiger partial charge < -0.3 is 9.47 Å². The van der Waals surface area contributed by atoms with Gasteiger partial charge in [-0.05, 0) is 62.4 Å². The third kappa shape index (κ3) is 4.12. The number of nitrogens with zero attached hydrogens (tertiary/aromatic N) is 5. The first-order chi connectivity index (χ1) is 17.9. The highest BCUT2D eigenvalue weighted by Crippen LogP contribution is 2.41. The quantitative estimate of drug-likeness (QED) is 0.308. The Balaban J connectivity index is 1.52. The van der Waals surface area contributed by atoms with Crippen molar-refractivity contribution in [3.63, 3.8) is 0 Å². The van der Waals surface area contributed by atoms with Gasteiger partial charge in [-0.25, -0.2) is 13.8 Å². The van der Waals surface area contributed by atoms with Gasteiger partial charge in [0.05, 0.1) is 29.0 Å². The van der Waals surface area contributed by atoms with Gasteiger partial charge in [0.1, 0.15) is 5.82 Å². The third-order valence-corrected chi connectivity index (χ3v) is 7.98. The number of aryl methyl sites for hydroxylation is 2. The molecule has 1 amide bonds. The molecule has 0 spiro atoms. The van der Waals surface area contributed by atoms with Crippen LogP contribution in [0.15, 0.2) is 42.6 Å². The van der Waals surface area contributed by atoms with Crippen molar-refractivity contribution >= 4 is 22.6 Å². The molecule has 2 aromatic heterocycles. The van der Waals surface area contributed by atoms with Crippen LogP contribution in [-0.4, -0.2) is 25.2 Å². The van der Waals surface area contributed by atoms with Crippen molar-refractivity contribution in [3.05, 3.63) is 65.6 Å². The summed E-state index contributed by atoms with van der Waals surface area (Å²) < 4.78 is 32.2. The lowest BCUT2D eigenvalue weighted by atomic mass is 9.94. The molecule has 0 N–H and O–H groups in total. The average Bonchev–Trinajstić information content (AvgIpc) is 3.44. The second-order valence-electron chi connectivity index (χ2n) is 10.4. The van der Waals surface area contributed by atoms with Crippen LogP contribution in [0.3, 0.4) is 0 Å². The van der Waals surface area contributed by atoms with Crippen LogP contribution < -0.4 is 4.90 Å². The summed E-state index contributed by atoms with van der Waals surface area (Å²) in [5.74, 6) is -1.13. The maximum atomic E-state index is 14.2. The Kier molecular flexibility index (Phi) is 6.05. The molecule has 8 heteroatoms. The molecule has 2 aromatic carbocycles. The zero-order chi connectivity index (χ0) is 25.7. The maximum Gasteiger partial charge on any atom is 0.227 e. The van der Waals surface area contributed by atoms with E-state index in [9.17, 15) is 13.6 Å². The number of hydrogen-bond donors (Lipinski definition) is 0. The number of benzene rings is 2. The molecule has 6 nitrogen and oxygen atoms in total. The summed E-state index contributed by atoms with van der Waals surface area (Å²) in [6, 6.07) is 10.0. The minimum absolute atomic E-state index is 0.0873. The standard InChI is InChI=1S/C29H31F2N5O/c1-18-17-32-34(2)28(18)19-11-14-25-24(15-19)33-29(36(25)20-7-4-3-5-8-20)26-9-6-10-27(37)35(26)21-12-13-22(30)23(31)16-21/h11-17,20,26H,3-10H2,1-2H3/t26-/m0/s1. The first-order valence-corrected chi connectivity index (χ1v) is 13.2. The lowest BCUT2D eigenvalue weighted by Gasteiger charge is -2.37. The van der Waals surface area contributed by atoms with Crippen LogP contribution in [0.2, 0.25) is 0 Å². The molecule has 1 aliphatic carbocycles. The number of imidazole rings is 1. The number of rotatable bonds is 4. The lowest BCUT2D eigenvalue weighted by Crippen LogP contribution is -2.40. The maximum absolute atomic E-state index is 14.2. The highest BCUT2D eigenvalue weighted by atomic mass is 19.2. The Hall–Kier alpha value is -3.55. The fraction of sp³-hybridized carbons (Fsp3) is 0.414. The number of piperidine rings is 1. The van der Waals surface area contributed by atoms with E-state index >= 15 is 0 Å². The average molecular weight is 504 g/mol. The fourth-order valence-corrected chi connectivity index (χ4v) is 6.26. The number of aromatic nitrogens is 4. The number of carbonyl (C=O) groups excluding carboxylic acids is 1. The molecule has 1 atom stereocenters. The van der Waals surface area contributed by atoms with Crippen molar-refractivity contribution in [2.45, 2.75) is 70.4 Å². The number of fused-ring (bicyclic) bond motifs is 1. The van der Waals surface area contributed by atoms with Crippen molar-refractivity contribution in [2.24, 2.45) is 7.05 Å². The van der Waals surface area contributed by atoms with Crippen LogP contribution in [0.1, 0.15) is 74.8 Å². The molecule has 37 heavy (non-hydrogen) atoms. The van der Waals surface area contributed by atoms with Crippen molar-refractivity contribution in [2.75, 3.05) is 4.90 Å². The highest BCUT2D eigenvalue weighted by Gasteiger charge is 2.36. The number of hydrogen-bond acceptors (Lipinski definition) is 3. The van der Waals surface area contributed by atoms with E-state index in [0.29, 0.717) is 24.6 Å². The summed E-state index contributed by atoms with van der Waals surface area (Å²) >= 11 is 0. The molecule has 1 saturated heterocycles. The van der Waals surface area contributed by atoms with E-state index in [-0.39, 0.29) is 11.9 Å². The first-order valence-electron chi connectivity index (χ1n) is 13.2. The normalized spacial score (nSPS) is 19.2. The molecule has 6 rings (SSSR count). The molecule has 1 saturated carbocycles. The predicted octanol–water partition coefficient (Wildman–Crippen LogP) is 6.79. The Morgan fingerprint density at radius 3 is 2.49 bits per heavy atom. The monoisotopic (exact) mass is 503 g/mol. The number of halogens is 2. The van der Waals surface area contributed by atoms with Crippen LogP contribution in [0.4, 0.5) is 14.5 Å². The highest BCUT2D eigenvalue weighted by molar-refractivity contribution is 5.95. The van der Waals surface area contributed by atoms with Crippen molar-refractivity contribution < 1.29 is 13.6 Å². The molecule has 2 fully saturated rings. The molecule has 192 valence electrons. The Bertz CT molecular complexity index is 1460. The smallest absolute Gasteiger partial charge is 0.227 e. The largest absolute Gasteiger partial charge is 0.323 e. The summed E-state index contributed by atoms with van der Waals surface area (Å²) in [4.78, 5) is 20.0. The van der Waals surface area contributed by atoms with Gasteiger partial charge in [0.25, 0.3) is 0 Å². The van der Waals surface area contributed by atoms with Gasteiger partial charge in [-0.1, -0.05) is 25.3 Å². The van der Waals surface area contributed by atoms with E-state index in [1.807, 2.05) is 24.9 Å². The first kappa shape index (κ1) is 23.8. The van der Waals surface area contributed by atoms with Crippen LogP contribution in [0.25, 0.3) is 22.3 Å². The molecule has 3 heterocycles. The predicted molar refractivity (Wildman–Crippen MR) is 139 cm³/mol. The zero-order valence-electron chi connectivity index (χ0n) is 21.3. The SMILES string of the molecule is Cc1cnn(C)c1-c1ccc2c(c1)nc([C@@H]1CCCC(=O)N1c1ccc(F)c(F)c1)n2C1CCCCC1.